The third kappa shape index (κ3) is 2.42. The van der Waals surface area contributed by atoms with Crippen LogP contribution in [0.3, 0.4) is 0 Å². The summed E-state index contributed by atoms with van der Waals surface area (Å²) in [5.74, 6) is 0.502. The SMILES string of the molecule is Nc1cc(NC2CC[C@@H](O)C2)c2sc(-c3ccn[nH]3)cc2n1. The molecule has 1 unspecified atom stereocenters. The van der Waals surface area contributed by atoms with E-state index in [9.17, 15) is 5.11 Å². The van der Waals surface area contributed by atoms with Crippen molar-refractivity contribution in [1.29, 1.82) is 0 Å². The average molecular weight is 315 g/mol. The molecule has 1 fully saturated rings. The largest absolute Gasteiger partial charge is 0.393 e. The molecule has 0 aromatic carbocycles. The quantitative estimate of drug-likeness (QED) is 0.595. The summed E-state index contributed by atoms with van der Waals surface area (Å²) >= 11 is 1.66. The van der Waals surface area contributed by atoms with Crippen LogP contribution in [0.4, 0.5) is 11.5 Å². The van der Waals surface area contributed by atoms with Gasteiger partial charge in [0.2, 0.25) is 0 Å². The van der Waals surface area contributed by atoms with Crippen LogP contribution in [0.2, 0.25) is 0 Å². The van der Waals surface area contributed by atoms with Crippen molar-refractivity contribution in [2.45, 2.75) is 31.4 Å². The number of aliphatic hydroxyl groups is 1. The first kappa shape index (κ1) is 13.5. The van der Waals surface area contributed by atoms with Gasteiger partial charge >= 0.3 is 0 Å². The highest BCUT2D eigenvalue weighted by Gasteiger charge is 2.23. The molecule has 0 radical (unpaired) electrons. The zero-order valence-electron chi connectivity index (χ0n) is 11.9. The normalized spacial score (nSPS) is 21.5. The highest BCUT2D eigenvalue weighted by atomic mass is 32.1. The van der Waals surface area contributed by atoms with E-state index in [2.05, 4.69) is 20.5 Å². The first-order valence-electron chi connectivity index (χ1n) is 7.33. The maximum Gasteiger partial charge on any atom is 0.126 e. The molecule has 3 aromatic heterocycles. The lowest BCUT2D eigenvalue weighted by Crippen LogP contribution is -2.16. The number of fused-ring (bicyclic) bond motifs is 1. The summed E-state index contributed by atoms with van der Waals surface area (Å²) in [7, 11) is 0. The smallest absolute Gasteiger partial charge is 0.126 e. The minimum absolute atomic E-state index is 0.198. The van der Waals surface area contributed by atoms with E-state index in [0.717, 1.165) is 45.7 Å². The van der Waals surface area contributed by atoms with Crippen LogP contribution in [0.1, 0.15) is 19.3 Å². The van der Waals surface area contributed by atoms with E-state index in [-0.39, 0.29) is 12.1 Å². The van der Waals surface area contributed by atoms with E-state index >= 15 is 0 Å². The lowest BCUT2D eigenvalue weighted by atomic mass is 10.2. The number of pyridine rings is 1. The number of rotatable bonds is 3. The van der Waals surface area contributed by atoms with Gasteiger partial charge in [-0.1, -0.05) is 0 Å². The number of nitrogens with two attached hydrogens (primary N) is 1. The molecule has 3 heterocycles. The van der Waals surface area contributed by atoms with E-state index < -0.39 is 0 Å². The van der Waals surface area contributed by atoms with Gasteiger partial charge in [-0.25, -0.2) is 4.98 Å². The fourth-order valence-electron chi connectivity index (χ4n) is 2.98. The second-order valence-corrected chi connectivity index (χ2v) is 6.75. The number of nitrogens with zero attached hydrogens (tertiary/aromatic N) is 2. The molecule has 0 aliphatic heterocycles. The number of aromatic amines is 1. The molecule has 3 aromatic rings. The molecule has 4 rings (SSSR count). The summed E-state index contributed by atoms with van der Waals surface area (Å²) in [5.41, 5.74) is 8.80. The highest BCUT2D eigenvalue weighted by molar-refractivity contribution is 7.22. The molecule has 7 heteroatoms. The zero-order chi connectivity index (χ0) is 15.1. The van der Waals surface area contributed by atoms with Gasteiger partial charge in [-0.3, -0.25) is 5.10 Å². The Hall–Kier alpha value is -2.12. The molecule has 0 bridgehead atoms. The van der Waals surface area contributed by atoms with Gasteiger partial charge in [0.05, 0.1) is 32.6 Å². The van der Waals surface area contributed by atoms with Gasteiger partial charge in [0.1, 0.15) is 5.82 Å². The van der Waals surface area contributed by atoms with E-state index in [1.165, 1.54) is 0 Å². The first-order chi connectivity index (χ1) is 10.7. The first-order valence-corrected chi connectivity index (χ1v) is 8.15. The number of hydrogen-bond acceptors (Lipinski definition) is 6. The Bertz CT molecular complexity index is 798. The molecule has 22 heavy (non-hydrogen) atoms. The third-order valence-corrected chi connectivity index (χ3v) is 5.22. The molecule has 114 valence electrons. The minimum Gasteiger partial charge on any atom is -0.393 e. The summed E-state index contributed by atoms with van der Waals surface area (Å²) in [6.07, 6.45) is 4.15. The van der Waals surface area contributed by atoms with Crippen molar-refractivity contribution in [2.75, 3.05) is 11.1 Å². The third-order valence-electron chi connectivity index (χ3n) is 4.03. The van der Waals surface area contributed by atoms with Crippen LogP contribution in [0.25, 0.3) is 20.8 Å². The van der Waals surface area contributed by atoms with Gasteiger partial charge in [-0.05, 0) is 31.4 Å². The lowest BCUT2D eigenvalue weighted by Gasteiger charge is -2.14. The van der Waals surface area contributed by atoms with Crippen LogP contribution >= 0.6 is 11.3 Å². The Kier molecular flexibility index (Phi) is 3.24. The van der Waals surface area contributed by atoms with Gasteiger partial charge in [-0.15, -0.1) is 11.3 Å². The topological polar surface area (TPSA) is 99.9 Å². The molecule has 1 saturated carbocycles. The number of thiophene rings is 1. The number of aromatic nitrogens is 3. The monoisotopic (exact) mass is 315 g/mol. The Balaban J connectivity index is 1.73. The maximum atomic E-state index is 9.69. The zero-order valence-corrected chi connectivity index (χ0v) is 12.7. The van der Waals surface area contributed by atoms with Gasteiger partial charge in [0, 0.05) is 18.3 Å². The standard InChI is InChI=1S/C15H17N5OS/c16-14-7-12(18-8-1-2-9(21)5-8)15-11(19-14)6-13(22-15)10-3-4-17-20-10/h3-4,6-9,21H,1-2,5H2,(H,17,20)(H3,16,18,19)/t8?,9-/m1/s1. The number of nitrogen functional groups attached to an aromatic ring is 1. The van der Waals surface area contributed by atoms with Crippen LogP contribution in [-0.2, 0) is 0 Å². The number of anilines is 2. The van der Waals surface area contributed by atoms with Crippen molar-refractivity contribution in [3.05, 3.63) is 24.4 Å². The van der Waals surface area contributed by atoms with E-state index in [4.69, 9.17) is 5.73 Å². The fraction of sp³-hybridized carbons (Fsp3) is 0.333. The van der Waals surface area contributed by atoms with Gasteiger partial charge in [0.25, 0.3) is 0 Å². The Morgan fingerprint density at radius 1 is 1.36 bits per heavy atom. The van der Waals surface area contributed by atoms with Gasteiger partial charge in [-0.2, -0.15) is 5.10 Å². The minimum atomic E-state index is -0.198. The molecule has 0 amide bonds. The second-order valence-electron chi connectivity index (χ2n) is 5.70. The van der Waals surface area contributed by atoms with Crippen LogP contribution in [0.5, 0.6) is 0 Å². The molecule has 2 atom stereocenters. The molecule has 5 N–H and O–H groups in total. The Morgan fingerprint density at radius 3 is 3.00 bits per heavy atom. The molecule has 0 saturated heterocycles. The van der Waals surface area contributed by atoms with Crippen LogP contribution in [0, 0.1) is 0 Å². The number of hydrogen-bond donors (Lipinski definition) is 4. The van der Waals surface area contributed by atoms with Gasteiger partial charge < -0.3 is 16.2 Å². The molecule has 6 nitrogen and oxygen atoms in total. The van der Waals surface area contributed by atoms with Crippen molar-refractivity contribution < 1.29 is 5.11 Å². The number of nitrogens with one attached hydrogen (secondary N) is 2. The van der Waals surface area contributed by atoms with E-state index in [0.29, 0.717) is 5.82 Å². The summed E-state index contributed by atoms with van der Waals surface area (Å²) in [6, 6.07) is 6.13. The van der Waals surface area contributed by atoms with Crippen molar-refractivity contribution in [3.63, 3.8) is 0 Å². The summed E-state index contributed by atoms with van der Waals surface area (Å²) in [4.78, 5) is 5.50. The predicted octanol–water partition coefficient (Wildman–Crippen LogP) is 2.59. The maximum absolute atomic E-state index is 9.69. The van der Waals surface area contributed by atoms with Crippen molar-refractivity contribution in [3.8, 4) is 10.6 Å². The highest BCUT2D eigenvalue weighted by Crippen LogP contribution is 2.38. The summed E-state index contributed by atoms with van der Waals surface area (Å²) < 4.78 is 1.08. The predicted molar refractivity (Wildman–Crippen MR) is 88.9 cm³/mol. The second kappa shape index (κ2) is 5.26. The van der Waals surface area contributed by atoms with Crippen LogP contribution < -0.4 is 11.1 Å². The Labute approximate surface area is 131 Å². The molecule has 1 aliphatic rings. The number of H-pyrrole nitrogens is 1. The van der Waals surface area contributed by atoms with Crippen LogP contribution in [0.15, 0.2) is 24.4 Å². The molecular formula is C15H17N5OS. The molecular weight excluding hydrogens is 298 g/mol. The number of aliphatic hydroxyl groups excluding tert-OH is 1. The summed E-state index contributed by atoms with van der Waals surface area (Å²) in [6.45, 7) is 0. The van der Waals surface area contributed by atoms with Crippen molar-refractivity contribution in [2.24, 2.45) is 0 Å². The van der Waals surface area contributed by atoms with E-state index in [1.54, 1.807) is 17.5 Å². The van der Waals surface area contributed by atoms with Crippen molar-refractivity contribution >= 4 is 33.1 Å². The van der Waals surface area contributed by atoms with E-state index in [1.807, 2.05) is 18.2 Å². The van der Waals surface area contributed by atoms with Crippen LogP contribution in [-0.4, -0.2) is 32.4 Å². The average Bonchev–Trinajstić information content (AvgIpc) is 3.18. The fourth-order valence-corrected chi connectivity index (χ4v) is 4.04. The summed E-state index contributed by atoms with van der Waals surface area (Å²) in [5, 5.41) is 20.2. The molecule has 1 aliphatic carbocycles. The Morgan fingerprint density at radius 2 is 2.27 bits per heavy atom. The lowest BCUT2D eigenvalue weighted by molar-refractivity contribution is 0.182. The van der Waals surface area contributed by atoms with Gasteiger partial charge in [0.15, 0.2) is 0 Å². The molecule has 0 spiro atoms. The van der Waals surface area contributed by atoms with Crippen molar-refractivity contribution in [1.82, 2.24) is 15.2 Å².